The zero-order chi connectivity index (χ0) is 16.9. The number of aromatic nitrogens is 2. The predicted octanol–water partition coefficient (Wildman–Crippen LogP) is 4.18. The summed E-state index contributed by atoms with van der Waals surface area (Å²) in [5, 5.41) is 7.44. The number of carbonyl (C=O) groups is 1. The van der Waals surface area contributed by atoms with Gasteiger partial charge in [0.05, 0.1) is 18.7 Å². The Morgan fingerprint density at radius 2 is 1.79 bits per heavy atom. The van der Waals surface area contributed by atoms with Crippen molar-refractivity contribution >= 4 is 27.7 Å². The minimum Gasteiger partial charge on any atom is -0.311 e. The van der Waals surface area contributed by atoms with E-state index in [9.17, 15) is 4.79 Å². The van der Waals surface area contributed by atoms with Gasteiger partial charge < -0.3 is 5.32 Å². The molecule has 0 atom stereocenters. The molecule has 0 aliphatic carbocycles. The number of rotatable bonds is 5. The molecular weight excluding hydrogens is 366 g/mol. The van der Waals surface area contributed by atoms with Crippen LogP contribution >= 0.6 is 15.9 Å². The zero-order valence-electron chi connectivity index (χ0n) is 13.4. The molecule has 3 aromatic rings. The lowest BCUT2D eigenvalue weighted by Gasteiger charge is -2.09. The maximum Gasteiger partial charge on any atom is 0.229 e. The molecule has 0 fully saturated rings. The van der Waals surface area contributed by atoms with Gasteiger partial charge in [-0.15, -0.1) is 0 Å². The number of carbonyl (C=O) groups excluding carboxylic acids is 1. The molecule has 1 N–H and O–H groups in total. The molecular formula is C19H18BrN3O. The minimum absolute atomic E-state index is 0.0495. The highest BCUT2D eigenvalue weighted by Gasteiger charge is 2.10. The van der Waals surface area contributed by atoms with Crippen LogP contribution in [0.4, 0.5) is 5.82 Å². The fraction of sp³-hybridized carbons (Fsp3) is 0.158. The second kappa shape index (κ2) is 7.45. The first kappa shape index (κ1) is 16.5. The molecule has 1 heterocycles. The highest BCUT2D eigenvalue weighted by Crippen LogP contribution is 2.15. The van der Waals surface area contributed by atoms with Crippen LogP contribution in [0.25, 0.3) is 0 Å². The molecule has 0 aliphatic heterocycles. The van der Waals surface area contributed by atoms with Gasteiger partial charge in [-0.2, -0.15) is 5.10 Å². The molecule has 0 saturated carbocycles. The van der Waals surface area contributed by atoms with Gasteiger partial charge in [0.1, 0.15) is 5.82 Å². The molecule has 0 aliphatic rings. The Bertz CT molecular complexity index is 826. The lowest BCUT2D eigenvalue weighted by molar-refractivity contribution is -0.115. The van der Waals surface area contributed by atoms with Crippen LogP contribution in [0.15, 0.2) is 65.1 Å². The second-order valence-corrected chi connectivity index (χ2v) is 6.58. The number of anilines is 1. The lowest BCUT2D eigenvalue weighted by Crippen LogP contribution is -2.18. The summed E-state index contributed by atoms with van der Waals surface area (Å²) >= 11 is 3.40. The van der Waals surface area contributed by atoms with Crippen molar-refractivity contribution in [3.8, 4) is 0 Å². The normalized spacial score (nSPS) is 10.6. The largest absolute Gasteiger partial charge is 0.311 e. The molecule has 0 unspecified atom stereocenters. The molecule has 5 heteroatoms. The summed E-state index contributed by atoms with van der Waals surface area (Å²) in [6.45, 7) is 2.55. The maximum atomic E-state index is 12.3. The van der Waals surface area contributed by atoms with Crippen molar-refractivity contribution in [3.63, 3.8) is 0 Å². The molecule has 0 bridgehead atoms. The third kappa shape index (κ3) is 4.32. The van der Waals surface area contributed by atoms with E-state index in [0.29, 0.717) is 13.0 Å². The summed E-state index contributed by atoms with van der Waals surface area (Å²) in [4.78, 5) is 12.3. The van der Waals surface area contributed by atoms with Crippen LogP contribution in [-0.4, -0.2) is 15.7 Å². The van der Waals surface area contributed by atoms with Crippen molar-refractivity contribution in [2.24, 2.45) is 0 Å². The number of nitrogens with zero attached hydrogens (tertiary/aromatic N) is 2. The summed E-state index contributed by atoms with van der Waals surface area (Å²) in [7, 11) is 0. The highest BCUT2D eigenvalue weighted by atomic mass is 79.9. The first-order chi connectivity index (χ1) is 11.6. The van der Waals surface area contributed by atoms with Gasteiger partial charge in [-0.25, -0.2) is 4.68 Å². The Balaban J connectivity index is 1.70. The molecule has 122 valence electrons. The first-order valence-corrected chi connectivity index (χ1v) is 8.52. The van der Waals surface area contributed by atoms with Crippen LogP contribution in [0.1, 0.15) is 16.8 Å². The number of hydrogen-bond donors (Lipinski definition) is 1. The lowest BCUT2D eigenvalue weighted by atomic mass is 10.1. The fourth-order valence-electron chi connectivity index (χ4n) is 2.50. The van der Waals surface area contributed by atoms with Gasteiger partial charge in [0.2, 0.25) is 5.91 Å². The number of nitrogens with one attached hydrogen (secondary N) is 1. The third-order valence-electron chi connectivity index (χ3n) is 3.62. The number of aryl methyl sites for hydroxylation is 1. The van der Waals surface area contributed by atoms with Gasteiger partial charge in [0.25, 0.3) is 0 Å². The molecule has 24 heavy (non-hydrogen) atoms. The van der Waals surface area contributed by atoms with E-state index in [0.717, 1.165) is 27.1 Å². The summed E-state index contributed by atoms with van der Waals surface area (Å²) in [6, 6.07) is 19.7. The van der Waals surface area contributed by atoms with E-state index in [2.05, 4.69) is 26.3 Å². The van der Waals surface area contributed by atoms with Crippen LogP contribution in [0.2, 0.25) is 0 Å². The standard InChI is InChI=1S/C19H18BrN3O/c1-14-11-18(23(22-14)13-16-5-3-2-4-6-16)21-19(24)12-15-7-9-17(20)10-8-15/h2-11H,12-13H2,1H3,(H,21,24). The highest BCUT2D eigenvalue weighted by molar-refractivity contribution is 9.10. The van der Waals surface area contributed by atoms with Crippen molar-refractivity contribution in [1.82, 2.24) is 9.78 Å². The quantitative estimate of drug-likeness (QED) is 0.717. The van der Waals surface area contributed by atoms with Gasteiger partial charge in [-0.05, 0) is 30.2 Å². The zero-order valence-corrected chi connectivity index (χ0v) is 15.0. The summed E-state index contributed by atoms with van der Waals surface area (Å²) in [6.07, 6.45) is 0.336. The van der Waals surface area contributed by atoms with Crippen molar-refractivity contribution < 1.29 is 4.79 Å². The number of benzene rings is 2. The van der Waals surface area contributed by atoms with E-state index in [1.165, 1.54) is 0 Å². The van der Waals surface area contributed by atoms with E-state index in [-0.39, 0.29) is 5.91 Å². The maximum absolute atomic E-state index is 12.3. The Morgan fingerprint density at radius 3 is 2.50 bits per heavy atom. The third-order valence-corrected chi connectivity index (χ3v) is 4.15. The molecule has 2 aromatic carbocycles. The summed E-state index contributed by atoms with van der Waals surface area (Å²) in [5.74, 6) is 0.671. The van der Waals surface area contributed by atoms with E-state index in [1.54, 1.807) is 0 Å². The monoisotopic (exact) mass is 383 g/mol. The van der Waals surface area contributed by atoms with Crippen molar-refractivity contribution in [1.29, 1.82) is 0 Å². The van der Waals surface area contributed by atoms with Crippen molar-refractivity contribution in [2.45, 2.75) is 19.9 Å². The second-order valence-electron chi connectivity index (χ2n) is 5.67. The summed E-state index contributed by atoms with van der Waals surface area (Å²) in [5.41, 5.74) is 3.00. The Kier molecular flexibility index (Phi) is 5.11. The Hall–Kier alpha value is -2.40. The molecule has 0 saturated heterocycles. The van der Waals surface area contributed by atoms with Crippen molar-refractivity contribution in [3.05, 3.63) is 82.0 Å². The van der Waals surface area contributed by atoms with Gasteiger partial charge in [0, 0.05) is 10.5 Å². The fourth-order valence-corrected chi connectivity index (χ4v) is 2.76. The number of amides is 1. The van der Waals surface area contributed by atoms with E-state index >= 15 is 0 Å². The number of hydrogen-bond acceptors (Lipinski definition) is 2. The molecule has 3 rings (SSSR count). The SMILES string of the molecule is Cc1cc(NC(=O)Cc2ccc(Br)cc2)n(Cc2ccccc2)n1. The summed E-state index contributed by atoms with van der Waals surface area (Å²) < 4.78 is 2.83. The van der Waals surface area contributed by atoms with E-state index in [1.807, 2.05) is 72.3 Å². The van der Waals surface area contributed by atoms with Crippen LogP contribution in [0.5, 0.6) is 0 Å². The van der Waals surface area contributed by atoms with Crippen LogP contribution in [-0.2, 0) is 17.8 Å². The predicted molar refractivity (Wildman–Crippen MR) is 99.0 cm³/mol. The molecule has 1 aromatic heterocycles. The average Bonchev–Trinajstić information content (AvgIpc) is 2.89. The Labute approximate surface area is 149 Å². The minimum atomic E-state index is -0.0495. The van der Waals surface area contributed by atoms with Gasteiger partial charge in [0.15, 0.2) is 0 Å². The Morgan fingerprint density at radius 1 is 1.08 bits per heavy atom. The first-order valence-electron chi connectivity index (χ1n) is 7.73. The van der Waals surface area contributed by atoms with Gasteiger partial charge in [-0.1, -0.05) is 58.4 Å². The topological polar surface area (TPSA) is 46.9 Å². The van der Waals surface area contributed by atoms with Crippen molar-refractivity contribution in [2.75, 3.05) is 5.32 Å². The molecule has 0 radical (unpaired) electrons. The average molecular weight is 384 g/mol. The van der Waals surface area contributed by atoms with E-state index in [4.69, 9.17) is 0 Å². The van der Waals surface area contributed by atoms with E-state index < -0.39 is 0 Å². The number of halogens is 1. The molecule has 1 amide bonds. The van der Waals surface area contributed by atoms with Crippen LogP contribution < -0.4 is 5.32 Å². The smallest absolute Gasteiger partial charge is 0.229 e. The van der Waals surface area contributed by atoms with Crippen LogP contribution in [0, 0.1) is 6.92 Å². The van der Waals surface area contributed by atoms with Crippen LogP contribution in [0.3, 0.4) is 0 Å². The van der Waals surface area contributed by atoms with Gasteiger partial charge >= 0.3 is 0 Å². The molecule has 4 nitrogen and oxygen atoms in total. The molecule has 0 spiro atoms. The van der Waals surface area contributed by atoms with Gasteiger partial charge in [-0.3, -0.25) is 4.79 Å².